The summed E-state index contributed by atoms with van der Waals surface area (Å²) in [6.07, 6.45) is 5.06. The predicted molar refractivity (Wildman–Crippen MR) is 38.8 cm³/mol. The number of rotatable bonds is 0. The van der Waals surface area contributed by atoms with E-state index in [2.05, 4.69) is 4.74 Å². The maximum absolute atomic E-state index is 11.2. The molecule has 1 aliphatic heterocycles. The van der Waals surface area contributed by atoms with Gasteiger partial charge < -0.3 is 4.74 Å². The topological polar surface area (TPSA) is 43.4 Å². The van der Waals surface area contributed by atoms with Gasteiger partial charge in [0.15, 0.2) is 0 Å². The molecule has 3 heteroatoms. The number of carbonyl (C=O) groups is 2. The molecule has 3 nitrogen and oxygen atoms in total. The number of ether oxygens (including phenoxy) is 1. The second-order valence-electron chi connectivity index (χ2n) is 3.74. The van der Waals surface area contributed by atoms with Crippen LogP contribution < -0.4 is 0 Å². The Morgan fingerprint density at radius 1 is 1.08 bits per heavy atom. The smallest absolute Gasteiger partial charge is 0.318 e. The van der Waals surface area contributed by atoms with Gasteiger partial charge in [0.2, 0.25) is 0 Å². The Labute approximate surface area is 69.4 Å². The molecule has 2 bridgehead atoms. The van der Waals surface area contributed by atoms with Crippen molar-refractivity contribution < 1.29 is 14.3 Å². The van der Waals surface area contributed by atoms with Gasteiger partial charge in [-0.1, -0.05) is 12.2 Å². The first-order valence-corrected chi connectivity index (χ1v) is 4.21. The fraction of sp³-hybridized carbons (Fsp3) is 0.556. The number of allylic oxidation sites excluding steroid dienone is 2. The maximum atomic E-state index is 11.2. The van der Waals surface area contributed by atoms with E-state index >= 15 is 0 Å². The monoisotopic (exact) mass is 164 g/mol. The normalized spacial score (nSPS) is 48.3. The minimum Gasteiger partial charge on any atom is -0.393 e. The van der Waals surface area contributed by atoms with Crippen LogP contribution in [0.1, 0.15) is 6.42 Å². The molecule has 0 N–H and O–H groups in total. The third kappa shape index (κ3) is 0.543. The van der Waals surface area contributed by atoms with E-state index in [-0.39, 0.29) is 35.6 Å². The van der Waals surface area contributed by atoms with E-state index in [9.17, 15) is 9.59 Å². The summed E-state index contributed by atoms with van der Waals surface area (Å²) in [5.74, 6) is -0.346. The van der Waals surface area contributed by atoms with Gasteiger partial charge in [0.1, 0.15) is 0 Å². The van der Waals surface area contributed by atoms with Crippen LogP contribution in [0.25, 0.3) is 0 Å². The molecule has 0 aromatic heterocycles. The molecular weight excluding hydrogens is 156 g/mol. The lowest BCUT2D eigenvalue weighted by molar-refractivity contribution is -0.154. The van der Waals surface area contributed by atoms with Crippen molar-refractivity contribution in [2.24, 2.45) is 23.7 Å². The molecule has 0 aromatic carbocycles. The average molecular weight is 164 g/mol. The minimum atomic E-state index is -0.304. The summed E-state index contributed by atoms with van der Waals surface area (Å²) in [5.41, 5.74) is 0. The van der Waals surface area contributed by atoms with Crippen molar-refractivity contribution in [2.75, 3.05) is 0 Å². The standard InChI is InChI=1S/C9H8O3/c10-8-6-4-1-2-5(3-4)7(6)9(11)12-8/h1-2,4-7H,3H2/t4-,5+,6-,7-/m1/s1. The molecule has 1 heterocycles. The largest absolute Gasteiger partial charge is 0.393 e. The van der Waals surface area contributed by atoms with Gasteiger partial charge in [-0.05, 0) is 18.3 Å². The molecule has 0 aromatic rings. The van der Waals surface area contributed by atoms with E-state index in [0.717, 1.165) is 6.42 Å². The van der Waals surface area contributed by atoms with Crippen molar-refractivity contribution in [1.29, 1.82) is 0 Å². The molecule has 1 saturated heterocycles. The first-order valence-electron chi connectivity index (χ1n) is 4.21. The van der Waals surface area contributed by atoms with Crippen LogP contribution in [0.15, 0.2) is 12.2 Å². The molecule has 1 saturated carbocycles. The van der Waals surface area contributed by atoms with Gasteiger partial charge in [-0.25, -0.2) is 0 Å². The van der Waals surface area contributed by atoms with Crippen LogP contribution in [0, 0.1) is 23.7 Å². The van der Waals surface area contributed by atoms with Gasteiger partial charge in [0.25, 0.3) is 0 Å². The average Bonchev–Trinajstić information content (AvgIpc) is 2.64. The molecule has 4 atom stereocenters. The fourth-order valence-electron chi connectivity index (χ4n) is 2.70. The lowest BCUT2D eigenvalue weighted by Crippen LogP contribution is -2.21. The molecule has 0 amide bonds. The van der Waals surface area contributed by atoms with Crippen molar-refractivity contribution in [1.82, 2.24) is 0 Å². The lowest BCUT2D eigenvalue weighted by atomic mass is 9.85. The van der Waals surface area contributed by atoms with Crippen molar-refractivity contribution in [3.8, 4) is 0 Å². The predicted octanol–water partition coefficient (Wildman–Crippen LogP) is 0.508. The molecule has 3 rings (SSSR count). The van der Waals surface area contributed by atoms with E-state index in [1.807, 2.05) is 12.2 Å². The zero-order chi connectivity index (χ0) is 8.29. The molecule has 62 valence electrons. The van der Waals surface area contributed by atoms with Crippen LogP contribution in [0.5, 0.6) is 0 Å². The van der Waals surface area contributed by atoms with Crippen molar-refractivity contribution >= 4 is 11.9 Å². The molecule has 12 heavy (non-hydrogen) atoms. The third-order valence-corrected chi connectivity index (χ3v) is 3.20. The van der Waals surface area contributed by atoms with Gasteiger partial charge >= 0.3 is 11.9 Å². The summed E-state index contributed by atoms with van der Waals surface area (Å²) in [4.78, 5) is 22.4. The summed E-state index contributed by atoms with van der Waals surface area (Å²) >= 11 is 0. The Bertz CT molecular complexity index is 277. The summed E-state index contributed by atoms with van der Waals surface area (Å²) in [5, 5.41) is 0. The molecule has 3 aliphatic rings. The molecule has 0 spiro atoms. The lowest BCUT2D eigenvalue weighted by Gasteiger charge is -2.12. The Kier molecular flexibility index (Phi) is 0.953. The zero-order valence-electron chi connectivity index (χ0n) is 6.40. The Morgan fingerprint density at radius 3 is 2.08 bits per heavy atom. The van der Waals surface area contributed by atoms with Crippen LogP contribution >= 0.6 is 0 Å². The van der Waals surface area contributed by atoms with E-state index in [1.165, 1.54) is 0 Å². The number of hydrogen-bond acceptors (Lipinski definition) is 3. The van der Waals surface area contributed by atoms with E-state index in [0.29, 0.717) is 0 Å². The maximum Gasteiger partial charge on any atom is 0.318 e. The van der Waals surface area contributed by atoms with Gasteiger partial charge in [0.05, 0.1) is 11.8 Å². The van der Waals surface area contributed by atoms with Crippen molar-refractivity contribution in [3.05, 3.63) is 12.2 Å². The van der Waals surface area contributed by atoms with E-state index in [4.69, 9.17) is 0 Å². The molecule has 2 aliphatic carbocycles. The molecule has 0 unspecified atom stereocenters. The Balaban J connectivity index is 2.08. The van der Waals surface area contributed by atoms with Gasteiger partial charge in [-0.2, -0.15) is 0 Å². The van der Waals surface area contributed by atoms with Crippen LogP contribution in [-0.2, 0) is 14.3 Å². The van der Waals surface area contributed by atoms with Crippen LogP contribution in [0.2, 0.25) is 0 Å². The molecule has 0 radical (unpaired) electrons. The van der Waals surface area contributed by atoms with Crippen molar-refractivity contribution in [3.63, 3.8) is 0 Å². The quantitative estimate of drug-likeness (QED) is 0.297. The zero-order valence-corrected chi connectivity index (χ0v) is 6.40. The van der Waals surface area contributed by atoms with Gasteiger partial charge in [-0.3, -0.25) is 9.59 Å². The second-order valence-corrected chi connectivity index (χ2v) is 3.74. The minimum absolute atomic E-state index is 0.146. The van der Waals surface area contributed by atoms with Crippen LogP contribution in [0.3, 0.4) is 0 Å². The highest BCUT2D eigenvalue weighted by molar-refractivity contribution is 5.98. The summed E-state index contributed by atoms with van der Waals surface area (Å²) in [7, 11) is 0. The highest BCUT2D eigenvalue weighted by atomic mass is 16.6. The third-order valence-electron chi connectivity index (χ3n) is 3.20. The first kappa shape index (κ1) is 6.40. The van der Waals surface area contributed by atoms with Crippen LogP contribution in [0.4, 0.5) is 0 Å². The van der Waals surface area contributed by atoms with Crippen LogP contribution in [-0.4, -0.2) is 11.9 Å². The molecule has 2 fully saturated rings. The van der Waals surface area contributed by atoms with Gasteiger partial charge in [0, 0.05) is 0 Å². The Hall–Kier alpha value is -1.12. The van der Waals surface area contributed by atoms with Gasteiger partial charge in [-0.15, -0.1) is 0 Å². The summed E-state index contributed by atoms with van der Waals surface area (Å²) < 4.78 is 4.59. The highest BCUT2D eigenvalue weighted by Crippen LogP contribution is 2.51. The number of fused-ring (bicyclic) bond motifs is 5. The number of hydrogen-bond donors (Lipinski definition) is 0. The SMILES string of the molecule is O=C1OC(=O)[C@H]2[C@H]1[C@@H]1C=C[C@H]2C1. The van der Waals surface area contributed by atoms with E-state index in [1.54, 1.807) is 0 Å². The molecular formula is C9H8O3. The first-order chi connectivity index (χ1) is 5.77. The number of esters is 2. The summed E-state index contributed by atoms with van der Waals surface area (Å²) in [6.45, 7) is 0. The van der Waals surface area contributed by atoms with Crippen molar-refractivity contribution in [2.45, 2.75) is 6.42 Å². The highest BCUT2D eigenvalue weighted by Gasteiger charge is 2.57. The number of carbonyl (C=O) groups excluding carboxylic acids is 2. The summed E-state index contributed by atoms with van der Waals surface area (Å²) in [6, 6.07) is 0. The second kappa shape index (κ2) is 1.79. The Morgan fingerprint density at radius 2 is 1.58 bits per heavy atom. The number of cyclic esters (lactones) is 2. The fourth-order valence-corrected chi connectivity index (χ4v) is 2.70. The van der Waals surface area contributed by atoms with E-state index < -0.39 is 0 Å².